The Morgan fingerprint density at radius 2 is 1.75 bits per heavy atom. The van der Waals surface area contributed by atoms with Gasteiger partial charge in [0.15, 0.2) is 0 Å². The van der Waals surface area contributed by atoms with Crippen molar-refractivity contribution in [3.8, 4) is 11.1 Å². The molecule has 1 unspecified atom stereocenters. The van der Waals surface area contributed by atoms with Crippen molar-refractivity contribution < 1.29 is 5.11 Å². The molecule has 1 atom stereocenters. The van der Waals surface area contributed by atoms with Crippen LogP contribution in [0.2, 0.25) is 0 Å². The van der Waals surface area contributed by atoms with Gasteiger partial charge in [-0.3, -0.25) is 0 Å². The lowest BCUT2D eigenvalue weighted by atomic mass is 9.88. The highest BCUT2D eigenvalue weighted by molar-refractivity contribution is 5.70. The molecule has 1 nitrogen and oxygen atoms in total. The van der Waals surface area contributed by atoms with Crippen LogP contribution in [0.15, 0.2) is 72.3 Å². The second-order valence-corrected chi connectivity index (χ2v) is 5.22. The van der Waals surface area contributed by atoms with Crippen molar-refractivity contribution in [2.45, 2.75) is 19.4 Å². The number of aliphatic hydroxyl groups excluding tert-OH is 1. The molecule has 0 aromatic heterocycles. The minimum atomic E-state index is 0.0924. The summed E-state index contributed by atoms with van der Waals surface area (Å²) < 4.78 is 0. The van der Waals surface area contributed by atoms with Crippen LogP contribution in [0.4, 0.5) is 0 Å². The molecule has 20 heavy (non-hydrogen) atoms. The Kier molecular flexibility index (Phi) is 3.53. The molecule has 0 spiro atoms. The lowest BCUT2D eigenvalue weighted by Gasteiger charge is -2.16. The van der Waals surface area contributed by atoms with Gasteiger partial charge in [-0.2, -0.15) is 0 Å². The van der Waals surface area contributed by atoms with Crippen LogP contribution < -0.4 is 0 Å². The maximum atomic E-state index is 9.14. The topological polar surface area (TPSA) is 20.2 Å². The molecule has 0 aliphatic heterocycles. The first-order chi connectivity index (χ1) is 9.79. The van der Waals surface area contributed by atoms with E-state index in [0.29, 0.717) is 5.92 Å². The first-order valence-electron chi connectivity index (χ1n) is 6.93. The summed E-state index contributed by atoms with van der Waals surface area (Å²) in [5.41, 5.74) is 6.13. The van der Waals surface area contributed by atoms with Crippen molar-refractivity contribution >= 4 is 0 Å². The first kappa shape index (κ1) is 12.9. The Balaban J connectivity index is 2.05. The molecule has 0 saturated heterocycles. The van der Waals surface area contributed by atoms with Crippen molar-refractivity contribution in [2.24, 2.45) is 0 Å². The van der Waals surface area contributed by atoms with E-state index in [1.54, 1.807) is 0 Å². The zero-order valence-corrected chi connectivity index (χ0v) is 11.6. The fraction of sp³-hybridized carbons (Fsp3) is 0.158. The number of hydrogen-bond acceptors (Lipinski definition) is 1. The van der Waals surface area contributed by atoms with E-state index in [4.69, 9.17) is 5.11 Å². The lowest BCUT2D eigenvalue weighted by molar-refractivity contribution is 0.282. The van der Waals surface area contributed by atoms with Crippen LogP contribution in [0, 0.1) is 0 Å². The third kappa shape index (κ3) is 2.33. The predicted molar refractivity (Wildman–Crippen MR) is 83.4 cm³/mol. The zero-order chi connectivity index (χ0) is 13.9. The van der Waals surface area contributed by atoms with Crippen LogP contribution >= 0.6 is 0 Å². The Bertz CT molecular complexity index is 662. The molecule has 0 radical (unpaired) electrons. The highest BCUT2D eigenvalue weighted by Crippen LogP contribution is 2.36. The van der Waals surface area contributed by atoms with Gasteiger partial charge in [0.25, 0.3) is 0 Å². The van der Waals surface area contributed by atoms with Gasteiger partial charge in [0.05, 0.1) is 6.61 Å². The molecular formula is C19H18O. The minimum Gasteiger partial charge on any atom is -0.392 e. The van der Waals surface area contributed by atoms with Crippen LogP contribution in [0.1, 0.15) is 24.0 Å². The number of allylic oxidation sites excluding steroid dienone is 4. The van der Waals surface area contributed by atoms with Gasteiger partial charge < -0.3 is 5.11 Å². The van der Waals surface area contributed by atoms with Gasteiger partial charge in [0, 0.05) is 5.92 Å². The number of aliphatic hydroxyl groups is 1. The summed E-state index contributed by atoms with van der Waals surface area (Å²) in [7, 11) is 0. The lowest BCUT2D eigenvalue weighted by Crippen LogP contribution is -1.97. The monoisotopic (exact) mass is 262 g/mol. The van der Waals surface area contributed by atoms with E-state index >= 15 is 0 Å². The van der Waals surface area contributed by atoms with Crippen molar-refractivity contribution in [3.63, 3.8) is 0 Å². The Morgan fingerprint density at radius 1 is 1.00 bits per heavy atom. The standard InChI is InChI=1S/C19H18O/c1-14-5-4-8-17(14)19-7-3-2-6-18(19)16-11-9-15(13-20)10-12-16/h2-12,17,20H,13H2,1H3. The highest BCUT2D eigenvalue weighted by atomic mass is 16.3. The van der Waals surface area contributed by atoms with E-state index in [1.807, 2.05) is 12.1 Å². The van der Waals surface area contributed by atoms with Gasteiger partial charge in [-0.05, 0) is 29.2 Å². The summed E-state index contributed by atoms with van der Waals surface area (Å²) in [6, 6.07) is 16.7. The molecule has 1 aliphatic rings. The average molecular weight is 262 g/mol. The van der Waals surface area contributed by atoms with Crippen molar-refractivity contribution in [1.29, 1.82) is 0 Å². The Labute approximate surface area is 119 Å². The van der Waals surface area contributed by atoms with Gasteiger partial charge >= 0.3 is 0 Å². The van der Waals surface area contributed by atoms with Crippen LogP contribution in [0.25, 0.3) is 11.1 Å². The third-order valence-electron chi connectivity index (χ3n) is 3.90. The number of rotatable bonds is 3. The van der Waals surface area contributed by atoms with E-state index in [2.05, 4.69) is 61.5 Å². The Morgan fingerprint density at radius 3 is 2.40 bits per heavy atom. The summed E-state index contributed by atoms with van der Waals surface area (Å²) >= 11 is 0. The maximum absolute atomic E-state index is 9.14. The van der Waals surface area contributed by atoms with Crippen molar-refractivity contribution in [3.05, 3.63) is 83.5 Å². The van der Waals surface area contributed by atoms with E-state index in [1.165, 1.54) is 22.3 Å². The molecule has 0 saturated carbocycles. The first-order valence-corrected chi connectivity index (χ1v) is 6.93. The fourth-order valence-electron chi connectivity index (χ4n) is 2.74. The van der Waals surface area contributed by atoms with Gasteiger partial charge in [-0.1, -0.05) is 72.3 Å². The molecule has 0 bridgehead atoms. The van der Waals surface area contributed by atoms with Crippen LogP contribution in [-0.2, 0) is 6.61 Å². The quantitative estimate of drug-likeness (QED) is 0.866. The smallest absolute Gasteiger partial charge is 0.0681 e. The Hall–Kier alpha value is -2.12. The van der Waals surface area contributed by atoms with Crippen LogP contribution in [0.5, 0.6) is 0 Å². The van der Waals surface area contributed by atoms with Gasteiger partial charge in [0.2, 0.25) is 0 Å². The van der Waals surface area contributed by atoms with Crippen LogP contribution in [0.3, 0.4) is 0 Å². The molecule has 1 heteroatoms. The van der Waals surface area contributed by atoms with E-state index < -0.39 is 0 Å². The molecule has 0 amide bonds. The van der Waals surface area contributed by atoms with Crippen molar-refractivity contribution in [1.82, 2.24) is 0 Å². The third-order valence-corrected chi connectivity index (χ3v) is 3.90. The SMILES string of the molecule is CC1=CC=CC1c1ccccc1-c1ccc(CO)cc1. The summed E-state index contributed by atoms with van der Waals surface area (Å²) in [5.74, 6) is 0.378. The zero-order valence-electron chi connectivity index (χ0n) is 11.6. The normalized spacial score (nSPS) is 17.3. The summed E-state index contributed by atoms with van der Waals surface area (Å²) in [4.78, 5) is 0. The largest absolute Gasteiger partial charge is 0.392 e. The van der Waals surface area contributed by atoms with Gasteiger partial charge in [-0.25, -0.2) is 0 Å². The minimum absolute atomic E-state index is 0.0924. The molecule has 0 heterocycles. The van der Waals surface area contributed by atoms with Crippen molar-refractivity contribution in [2.75, 3.05) is 0 Å². The second-order valence-electron chi connectivity index (χ2n) is 5.22. The van der Waals surface area contributed by atoms with Crippen LogP contribution in [-0.4, -0.2) is 5.11 Å². The molecule has 0 fully saturated rings. The summed E-state index contributed by atoms with van der Waals surface area (Å²) in [5, 5.41) is 9.14. The molecule has 1 N–H and O–H groups in total. The van der Waals surface area contributed by atoms with E-state index in [9.17, 15) is 0 Å². The number of hydrogen-bond donors (Lipinski definition) is 1. The average Bonchev–Trinajstić information content (AvgIpc) is 2.93. The second kappa shape index (κ2) is 5.48. The summed E-state index contributed by atoms with van der Waals surface area (Å²) in [6.45, 7) is 2.27. The molecule has 2 aromatic rings. The maximum Gasteiger partial charge on any atom is 0.0681 e. The fourth-order valence-corrected chi connectivity index (χ4v) is 2.74. The summed E-state index contributed by atoms with van der Waals surface area (Å²) in [6.07, 6.45) is 6.55. The highest BCUT2D eigenvalue weighted by Gasteiger charge is 2.17. The van der Waals surface area contributed by atoms with Gasteiger partial charge in [-0.15, -0.1) is 0 Å². The molecule has 1 aliphatic carbocycles. The molecule has 3 rings (SSSR count). The van der Waals surface area contributed by atoms with Gasteiger partial charge in [0.1, 0.15) is 0 Å². The van der Waals surface area contributed by atoms with E-state index in [-0.39, 0.29) is 6.61 Å². The molecular weight excluding hydrogens is 244 g/mol. The predicted octanol–water partition coefficient (Wildman–Crippen LogP) is 4.45. The molecule has 100 valence electrons. The number of benzene rings is 2. The molecule has 2 aromatic carbocycles. The van der Waals surface area contributed by atoms with E-state index in [0.717, 1.165) is 5.56 Å².